The molecule has 6 nitrogen and oxygen atoms in total. The normalized spacial score (nSPS) is 10.2. The third-order valence-corrected chi connectivity index (χ3v) is 3.70. The lowest BCUT2D eigenvalue weighted by Gasteiger charge is -2.08. The number of benzene rings is 3. The van der Waals surface area contributed by atoms with Crippen LogP contribution in [0.4, 0.5) is 11.4 Å². The van der Waals surface area contributed by atoms with E-state index < -0.39 is 4.92 Å². The van der Waals surface area contributed by atoms with Crippen molar-refractivity contribution in [1.82, 2.24) is 0 Å². The molecule has 0 saturated heterocycles. The van der Waals surface area contributed by atoms with Gasteiger partial charge >= 0.3 is 0 Å². The van der Waals surface area contributed by atoms with Gasteiger partial charge in [-0.2, -0.15) is 0 Å². The number of amides is 1. The topological polar surface area (TPSA) is 81.5 Å². The lowest BCUT2D eigenvalue weighted by molar-refractivity contribution is -0.384. The van der Waals surface area contributed by atoms with Gasteiger partial charge in [0.2, 0.25) is 0 Å². The van der Waals surface area contributed by atoms with Gasteiger partial charge in [0.05, 0.1) is 4.92 Å². The van der Waals surface area contributed by atoms with Crippen molar-refractivity contribution in [2.75, 3.05) is 5.32 Å². The van der Waals surface area contributed by atoms with E-state index in [1.807, 2.05) is 18.2 Å². The van der Waals surface area contributed by atoms with Crippen molar-refractivity contribution >= 4 is 17.3 Å². The Morgan fingerprint density at radius 1 is 0.923 bits per heavy atom. The summed E-state index contributed by atoms with van der Waals surface area (Å²) in [6, 6.07) is 22.2. The van der Waals surface area contributed by atoms with Crippen molar-refractivity contribution < 1.29 is 14.5 Å². The van der Waals surface area contributed by atoms with Crippen molar-refractivity contribution in [3.8, 4) is 5.75 Å². The molecular weight excluding hydrogens is 332 g/mol. The van der Waals surface area contributed by atoms with Gasteiger partial charge < -0.3 is 10.1 Å². The lowest BCUT2D eigenvalue weighted by atomic mass is 10.2. The number of nitrogens with zero attached hydrogens (tertiary/aromatic N) is 1. The molecule has 130 valence electrons. The molecule has 1 amide bonds. The van der Waals surface area contributed by atoms with Gasteiger partial charge in [-0.25, -0.2) is 0 Å². The van der Waals surface area contributed by atoms with E-state index in [-0.39, 0.29) is 11.6 Å². The summed E-state index contributed by atoms with van der Waals surface area (Å²) in [5.41, 5.74) is 2.14. The molecule has 0 atom stereocenters. The Morgan fingerprint density at radius 2 is 1.58 bits per heavy atom. The molecule has 6 heteroatoms. The number of nitro groups is 1. The summed E-state index contributed by atoms with van der Waals surface area (Å²) in [7, 11) is 0. The van der Waals surface area contributed by atoms with E-state index in [0.29, 0.717) is 23.6 Å². The van der Waals surface area contributed by atoms with Crippen LogP contribution in [0.15, 0.2) is 78.9 Å². The molecule has 3 aromatic rings. The van der Waals surface area contributed by atoms with Crippen LogP contribution in [0, 0.1) is 10.1 Å². The predicted molar refractivity (Wildman–Crippen MR) is 98.3 cm³/mol. The lowest BCUT2D eigenvalue weighted by Crippen LogP contribution is -2.11. The highest BCUT2D eigenvalue weighted by atomic mass is 16.6. The standard InChI is InChI=1S/C20H16N2O4/c23-20(16-4-2-1-3-5-16)21-17-8-12-19(13-9-17)26-14-15-6-10-18(11-7-15)22(24)25/h1-13H,14H2,(H,21,23). The number of nitro benzene ring substituents is 1. The molecule has 0 aromatic heterocycles. The third-order valence-electron chi connectivity index (χ3n) is 3.70. The van der Waals surface area contributed by atoms with Gasteiger partial charge in [0.25, 0.3) is 11.6 Å². The molecule has 0 heterocycles. The number of hydrogen-bond donors (Lipinski definition) is 1. The zero-order valence-corrected chi connectivity index (χ0v) is 13.8. The molecule has 0 unspecified atom stereocenters. The van der Waals surface area contributed by atoms with Crippen LogP contribution in [-0.2, 0) is 6.61 Å². The first-order chi connectivity index (χ1) is 12.6. The van der Waals surface area contributed by atoms with Crippen molar-refractivity contribution in [3.05, 3.63) is 100 Å². The SMILES string of the molecule is O=C(Nc1ccc(OCc2ccc([N+](=O)[O-])cc2)cc1)c1ccccc1. The zero-order valence-electron chi connectivity index (χ0n) is 13.8. The van der Waals surface area contributed by atoms with Gasteiger partial charge in [0.1, 0.15) is 12.4 Å². The third kappa shape index (κ3) is 4.45. The number of nitrogens with one attached hydrogen (secondary N) is 1. The molecule has 0 radical (unpaired) electrons. The number of carbonyl (C=O) groups is 1. The fourth-order valence-electron chi connectivity index (χ4n) is 2.31. The van der Waals surface area contributed by atoms with Crippen LogP contribution in [-0.4, -0.2) is 10.8 Å². The average molecular weight is 348 g/mol. The van der Waals surface area contributed by atoms with Crippen molar-refractivity contribution in [1.29, 1.82) is 0 Å². The molecule has 0 aliphatic rings. The minimum absolute atomic E-state index is 0.0484. The van der Waals surface area contributed by atoms with Crippen LogP contribution in [0.5, 0.6) is 5.75 Å². The van der Waals surface area contributed by atoms with E-state index in [9.17, 15) is 14.9 Å². The molecule has 0 bridgehead atoms. The largest absolute Gasteiger partial charge is 0.489 e. The van der Waals surface area contributed by atoms with E-state index in [2.05, 4.69) is 5.32 Å². The molecule has 0 saturated carbocycles. The van der Waals surface area contributed by atoms with E-state index in [4.69, 9.17) is 4.74 Å². The Labute approximate surface area is 150 Å². The van der Waals surface area contributed by atoms with Crippen LogP contribution in [0.2, 0.25) is 0 Å². The molecule has 3 rings (SSSR count). The Morgan fingerprint density at radius 3 is 2.19 bits per heavy atom. The number of non-ortho nitro benzene ring substituents is 1. The highest BCUT2D eigenvalue weighted by molar-refractivity contribution is 6.04. The molecule has 0 spiro atoms. The van der Waals surface area contributed by atoms with Gasteiger partial charge in [0, 0.05) is 23.4 Å². The maximum absolute atomic E-state index is 12.1. The summed E-state index contributed by atoms with van der Waals surface area (Å²) in [6.07, 6.45) is 0. The van der Waals surface area contributed by atoms with Crippen molar-refractivity contribution in [3.63, 3.8) is 0 Å². The van der Waals surface area contributed by atoms with Crippen LogP contribution in [0.25, 0.3) is 0 Å². The van der Waals surface area contributed by atoms with Crippen LogP contribution in [0.1, 0.15) is 15.9 Å². The number of carbonyl (C=O) groups excluding carboxylic acids is 1. The minimum atomic E-state index is -0.437. The van der Waals surface area contributed by atoms with Crippen LogP contribution >= 0.6 is 0 Å². The van der Waals surface area contributed by atoms with Gasteiger partial charge in [-0.05, 0) is 54.1 Å². The molecule has 26 heavy (non-hydrogen) atoms. The second-order valence-electron chi connectivity index (χ2n) is 5.56. The molecular formula is C20H16N2O4. The first-order valence-corrected chi connectivity index (χ1v) is 7.94. The fourth-order valence-corrected chi connectivity index (χ4v) is 2.31. The minimum Gasteiger partial charge on any atom is -0.489 e. The van der Waals surface area contributed by atoms with Crippen LogP contribution in [0.3, 0.4) is 0 Å². The van der Waals surface area contributed by atoms with Gasteiger partial charge in [-0.1, -0.05) is 18.2 Å². The first kappa shape index (κ1) is 17.2. The highest BCUT2D eigenvalue weighted by Crippen LogP contribution is 2.19. The fraction of sp³-hybridized carbons (Fsp3) is 0.0500. The van der Waals surface area contributed by atoms with Crippen molar-refractivity contribution in [2.45, 2.75) is 6.61 Å². The quantitative estimate of drug-likeness (QED) is 0.528. The van der Waals surface area contributed by atoms with E-state index in [1.54, 1.807) is 48.5 Å². The highest BCUT2D eigenvalue weighted by Gasteiger charge is 2.06. The van der Waals surface area contributed by atoms with Gasteiger partial charge in [-0.15, -0.1) is 0 Å². The summed E-state index contributed by atoms with van der Waals surface area (Å²) in [5, 5.41) is 13.5. The van der Waals surface area contributed by atoms with Crippen LogP contribution < -0.4 is 10.1 Å². The predicted octanol–water partition coefficient (Wildman–Crippen LogP) is 4.43. The Kier molecular flexibility index (Phi) is 5.24. The molecule has 0 aliphatic heterocycles. The summed E-state index contributed by atoms with van der Waals surface area (Å²) in [5.74, 6) is 0.464. The second kappa shape index (κ2) is 7.94. The summed E-state index contributed by atoms with van der Waals surface area (Å²) in [4.78, 5) is 22.3. The summed E-state index contributed by atoms with van der Waals surface area (Å²) >= 11 is 0. The van der Waals surface area contributed by atoms with Crippen molar-refractivity contribution in [2.24, 2.45) is 0 Å². The smallest absolute Gasteiger partial charge is 0.269 e. The first-order valence-electron chi connectivity index (χ1n) is 7.94. The number of anilines is 1. The monoisotopic (exact) mass is 348 g/mol. The van der Waals surface area contributed by atoms with E-state index in [1.165, 1.54) is 12.1 Å². The van der Waals surface area contributed by atoms with Gasteiger partial charge in [0.15, 0.2) is 0 Å². The number of ether oxygens (including phenoxy) is 1. The maximum Gasteiger partial charge on any atom is 0.269 e. The second-order valence-corrected chi connectivity index (χ2v) is 5.56. The molecule has 0 fully saturated rings. The number of hydrogen-bond acceptors (Lipinski definition) is 4. The Hall–Kier alpha value is -3.67. The Balaban J connectivity index is 1.56. The molecule has 1 N–H and O–H groups in total. The molecule has 0 aliphatic carbocycles. The molecule has 3 aromatic carbocycles. The van der Waals surface area contributed by atoms with E-state index in [0.717, 1.165) is 5.56 Å². The summed E-state index contributed by atoms with van der Waals surface area (Å²) in [6.45, 7) is 0.299. The van der Waals surface area contributed by atoms with Gasteiger partial charge in [-0.3, -0.25) is 14.9 Å². The average Bonchev–Trinajstić information content (AvgIpc) is 2.68. The Bertz CT molecular complexity index is 891. The zero-order chi connectivity index (χ0) is 18.4. The maximum atomic E-state index is 12.1. The van der Waals surface area contributed by atoms with E-state index >= 15 is 0 Å². The number of rotatable bonds is 6. The summed E-state index contributed by atoms with van der Waals surface area (Å²) < 4.78 is 5.65.